The third-order valence-electron chi connectivity index (χ3n) is 2.68. The van der Waals surface area contributed by atoms with E-state index < -0.39 is 43.3 Å². The molecule has 1 aromatic carbocycles. The van der Waals surface area contributed by atoms with Crippen LogP contribution in [0.4, 0.5) is 32.0 Å². The van der Waals surface area contributed by atoms with Crippen LogP contribution in [0.5, 0.6) is 0 Å². The van der Waals surface area contributed by atoms with Gasteiger partial charge in [0, 0.05) is 18.8 Å². The van der Waals surface area contributed by atoms with E-state index in [9.17, 15) is 26.3 Å². The first kappa shape index (κ1) is 17.6. The lowest BCUT2D eigenvalue weighted by Gasteiger charge is -2.28. The van der Waals surface area contributed by atoms with Crippen molar-refractivity contribution in [3.8, 4) is 0 Å². The maximum absolute atomic E-state index is 13.0. The Bertz CT molecular complexity index is 472. The zero-order valence-corrected chi connectivity index (χ0v) is 10.8. The minimum Gasteiger partial charge on any atom is -0.395 e. The third kappa shape index (κ3) is 5.09. The van der Waals surface area contributed by atoms with Gasteiger partial charge in [0.15, 0.2) is 0 Å². The van der Waals surface area contributed by atoms with Crippen LogP contribution in [-0.2, 0) is 12.7 Å². The SMILES string of the molecule is NCc1ccc(N(CCO)CC(F)(F)F)c(C(F)(F)F)c1. The Hall–Kier alpha value is -1.48. The van der Waals surface area contributed by atoms with Crippen molar-refractivity contribution in [3.05, 3.63) is 29.3 Å². The molecule has 0 spiro atoms. The summed E-state index contributed by atoms with van der Waals surface area (Å²) in [6.07, 6.45) is -9.51. The molecule has 0 saturated heterocycles. The van der Waals surface area contributed by atoms with Crippen LogP contribution in [0.1, 0.15) is 11.1 Å². The average Bonchev–Trinajstić information content (AvgIpc) is 2.35. The summed E-state index contributed by atoms with van der Waals surface area (Å²) in [7, 11) is 0. The summed E-state index contributed by atoms with van der Waals surface area (Å²) in [4.78, 5) is 0.448. The summed E-state index contributed by atoms with van der Waals surface area (Å²) in [6, 6.07) is 2.88. The van der Waals surface area contributed by atoms with Gasteiger partial charge in [-0.15, -0.1) is 0 Å². The molecular formula is C12H14F6N2O. The molecule has 0 amide bonds. The molecular weight excluding hydrogens is 302 g/mol. The van der Waals surface area contributed by atoms with Crippen LogP contribution in [-0.4, -0.2) is 31.0 Å². The van der Waals surface area contributed by atoms with E-state index in [4.69, 9.17) is 10.8 Å². The lowest BCUT2D eigenvalue weighted by atomic mass is 10.1. The summed E-state index contributed by atoms with van der Waals surface area (Å²) in [5, 5.41) is 8.78. The maximum Gasteiger partial charge on any atom is 0.418 e. The van der Waals surface area contributed by atoms with Crippen molar-refractivity contribution < 1.29 is 31.4 Å². The van der Waals surface area contributed by atoms with Gasteiger partial charge in [0.2, 0.25) is 0 Å². The van der Waals surface area contributed by atoms with Crippen molar-refractivity contribution >= 4 is 5.69 Å². The number of halogens is 6. The normalized spacial score (nSPS) is 12.6. The van der Waals surface area contributed by atoms with E-state index in [0.29, 0.717) is 4.90 Å². The highest BCUT2D eigenvalue weighted by atomic mass is 19.4. The summed E-state index contributed by atoms with van der Waals surface area (Å²) >= 11 is 0. The molecule has 0 atom stereocenters. The van der Waals surface area contributed by atoms with E-state index in [0.717, 1.165) is 12.1 Å². The Morgan fingerprint density at radius 1 is 1.10 bits per heavy atom. The monoisotopic (exact) mass is 316 g/mol. The third-order valence-corrected chi connectivity index (χ3v) is 2.68. The smallest absolute Gasteiger partial charge is 0.395 e. The van der Waals surface area contributed by atoms with E-state index in [1.807, 2.05) is 0 Å². The second-order valence-electron chi connectivity index (χ2n) is 4.31. The van der Waals surface area contributed by atoms with Crippen LogP contribution in [0.2, 0.25) is 0 Å². The van der Waals surface area contributed by atoms with Gasteiger partial charge in [-0.3, -0.25) is 0 Å². The van der Waals surface area contributed by atoms with Crippen molar-refractivity contribution in [1.29, 1.82) is 0 Å². The van der Waals surface area contributed by atoms with Crippen molar-refractivity contribution in [1.82, 2.24) is 0 Å². The quantitative estimate of drug-likeness (QED) is 0.821. The number of nitrogens with two attached hydrogens (primary N) is 1. The molecule has 0 aliphatic rings. The van der Waals surface area contributed by atoms with E-state index in [1.165, 1.54) is 6.07 Å². The van der Waals surface area contributed by atoms with E-state index in [-0.39, 0.29) is 12.1 Å². The van der Waals surface area contributed by atoms with Gasteiger partial charge >= 0.3 is 12.4 Å². The Kier molecular flexibility index (Phi) is 5.46. The molecule has 0 fully saturated rings. The molecule has 0 radical (unpaired) electrons. The zero-order chi connectivity index (χ0) is 16.3. The van der Waals surface area contributed by atoms with Gasteiger partial charge in [0.05, 0.1) is 12.2 Å². The van der Waals surface area contributed by atoms with Crippen LogP contribution in [0.3, 0.4) is 0 Å². The van der Waals surface area contributed by atoms with E-state index >= 15 is 0 Å². The maximum atomic E-state index is 13.0. The minimum absolute atomic E-state index is 0.155. The first-order valence-electron chi connectivity index (χ1n) is 5.91. The standard InChI is InChI=1S/C12H14F6N2O/c13-11(14,15)7-20(3-4-21)10-2-1-8(6-19)5-9(10)12(16,17)18/h1-2,5,21H,3-4,6-7,19H2. The summed E-state index contributed by atoms with van der Waals surface area (Å²) in [6.45, 7) is -3.02. The van der Waals surface area contributed by atoms with Crippen molar-refractivity contribution in [2.75, 3.05) is 24.6 Å². The number of hydrogen-bond donors (Lipinski definition) is 2. The van der Waals surface area contributed by atoms with Gasteiger partial charge < -0.3 is 15.7 Å². The van der Waals surface area contributed by atoms with Crippen molar-refractivity contribution in [2.24, 2.45) is 5.73 Å². The molecule has 1 aromatic rings. The highest BCUT2D eigenvalue weighted by molar-refractivity contribution is 5.56. The molecule has 3 N–H and O–H groups in total. The molecule has 0 bridgehead atoms. The highest BCUT2D eigenvalue weighted by Gasteiger charge is 2.38. The molecule has 9 heteroatoms. The van der Waals surface area contributed by atoms with E-state index in [2.05, 4.69) is 0 Å². The number of alkyl halides is 6. The van der Waals surface area contributed by atoms with Gasteiger partial charge in [-0.25, -0.2) is 0 Å². The van der Waals surface area contributed by atoms with Crippen LogP contribution in [0, 0.1) is 0 Å². The average molecular weight is 316 g/mol. The van der Waals surface area contributed by atoms with Gasteiger partial charge in [0.25, 0.3) is 0 Å². The van der Waals surface area contributed by atoms with Crippen LogP contribution >= 0.6 is 0 Å². The number of aliphatic hydroxyl groups excluding tert-OH is 1. The predicted molar refractivity (Wildman–Crippen MR) is 64.7 cm³/mol. The molecule has 21 heavy (non-hydrogen) atoms. The second-order valence-corrected chi connectivity index (χ2v) is 4.31. The molecule has 0 aliphatic carbocycles. The molecule has 3 nitrogen and oxygen atoms in total. The molecule has 0 saturated carbocycles. The molecule has 120 valence electrons. The summed E-state index contributed by atoms with van der Waals surface area (Å²) in [5.74, 6) is 0. The van der Waals surface area contributed by atoms with Crippen molar-refractivity contribution in [2.45, 2.75) is 18.9 Å². The lowest BCUT2D eigenvalue weighted by Crippen LogP contribution is -2.37. The minimum atomic E-state index is -4.82. The van der Waals surface area contributed by atoms with Gasteiger partial charge in [-0.05, 0) is 17.7 Å². The van der Waals surface area contributed by atoms with E-state index in [1.54, 1.807) is 0 Å². The van der Waals surface area contributed by atoms with Crippen LogP contribution in [0.15, 0.2) is 18.2 Å². The number of hydrogen-bond acceptors (Lipinski definition) is 3. The molecule has 0 heterocycles. The number of benzene rings is 1. The van der Waals surface area contributed by atoms with Crippen LogP contribution < -0.4 is 10.6 Å². The Morgan fingerprint density at radius 2 is 1.71 bits per heavy atom. The first-order chi connectivity index (χ1) is 9.58. The molecule has 0 unspecified atom stereocenters. The number of nitrogens with zero attached hydrogens (tertiary/aromatic N) is 1. The van der Waals surface area contributed by atoms with Gasteiger partial charge in [-0.1, -0.05) is 6.07 Å². The summed E-state index contributed by atoms with van der Waals surface area (Å²) < 4.78 is 76.4. The fourth-order valence-corrected chi connectivity index (χ4v) is 1.83. The fourth-order valence-electron chi connectivity index (χ4n) is 1.83. The molecule has 0 aliphatic heterocycles. The second kappa shape index (κ2) is 6.52. The van der Waals surface area contributed by atoms with Gasteiger partial charge in [0.1, 0.15) is 6.54 Å². The largest absolute Gasteiger partial charge is 0.418 e. The fraction of sp³-hybridized carbons (Fsp3) is 0.500. The van der Waals surface area contributed by atoms with Crippen LogP contribution in [0.25, 0.3) is 0 Å². The first-order valence-corrected chi connectivity index (χ1v) is 5.91. The van der Waals surface area contributed by atoms with Gasteiger partial charge in [-0.2, -0.15) is 26.3 Å². The Morgan fingerprint density at radius 3 is 2.14 bits per heavy atom. The topological polar surface area (TPSA) is 49.5 Å². The summed E-state index contributed by atoms with van der Waals surface area (Å²) in [5.41, 5.74) is 3.56. The Labute approximate surface area is 117 Å². The lowest BCUT2D eigenvalue weighted by molar-refractivity contribution is -0.138. The number of aliphatic hydroxyl groups is 1. The number of anilines is 1. The highest BCUT2D eigenvalue weighted by Crippen LogP contribution is 2.38. The van der Waals surface area contributed by atoms with Crippen molar-refractivity contribution in [3.63, 3.8) is 0 Å². The molecule has 0 aromatic heterocycles. The Balaban J connectivity index is 3.29. The molecule has 1 rings (SSSR count). The zero-order valence-electron chi connectivity index (χ0n) is 10.8. The predicted octanol–water partition coefficient (Wildman–Crippen LogP) is 2.53. The number of rotatable bonds is 5.